The van der Waals surface area contributed by atoms with E-state index in [1.165, 1.54) is 0 Å². The summed E-state index contributed by atoms with van der Waals surface area (Å²) in [6.07, 6.45) is 11.6. The SMILES string of the molecule is C#Cc1cnn(CCCN2CCC(Oc3cccc4c3C(=O)N(C3CCC(=O)NC3=O)C4=O)CC2)c1. The average Bonchev–Trinajstić information content (AvgIpc) is 3.43. The van der Waals surface area contributed by atoms with E-state index >= 15 is 0 Å². The van der Waals surface area contributed by atoms with Gasteiger partial charge in [-0.25, -0.2) is 0 Å². The molecular formula is C26H27N5O5. The van der Waals surface area contributed by atoms with E-state index in [0.29, 0.717) is 5.75 Å². The van der Waals surface area contributed by atoms with Crippen molar-refractivity contribution in [2.45, 2.75) is 50.8 Å². The molecule has 4 heterocycles. The molecular weight excluding hydrogens is 462 g/mol. The van der Waals surface area contributed by atoms with Crippen molar-refractivity contribution in [1.82, 2.24) is 24.9 Å². The van der Waals surface area contributed by atoms with Crippen molar-refractivity contribution in [3.8, 4) is 18.1 Å². The number of nitrogens with one attached hydrogen (secondary N) is 1. The number of piperidine rings is 2. The van der Waals surface area contributed by atoms with E-state index in [0.717, 1.165) is 55.9 Å². The van der Waals surface area contributed by atoms with Gasteiger partial charge in [0.25, 0.3) is 11.8 Å². The van der Waals surface area contributed by atoms with Gasteiger partial charge in [-0.3, -0.25) is 34.1 Å². The van der Waals surface area contributed by atoms with Crippen molar-refractivity contribution in [3.63, 3.8) is 0 Å². The molecule has 10 nitrogen and oxygen atoms in total. The normalized spacial score (nSPS) is 20.9. The number of nitrogens with zero attached hydrogens (tertiary/aromatic N) is 4. The predicted octanol–water partition coefficient (Wildman–Crippen LogP) is 1.20. The number of aryl methyl sites for hydroxylation is 1. The quantitative estimate of drug-likeness (QED) is 0.459. The molecule has 1 unspecified atom stereocenters. The summed E-state index contributed by atoms with van der Waals surface area (Å²) in [5.74, 6) is 0.830. The summed E-state index contributed by atoms with van der Waals surface area (Å²) in [4.78, 5) is 53.4. The molecule has 1 aromatic heterocycles. The van der Waals surface area contributed by atoms with Gasteiger partial charge in [0, 0.05) is 32.3 Å². The molecule has 0 spiro atoms. The van der Waals surface area contributed by atoms with Gasteiger partial charge >= 0.3 is 0 Å². The van der Waals surface area contributed by atoms with E-state index in [1.54, 1.807) is 24.4 Å². The zero-order valence-electron chi connectivity index (χ0n) is 19.8. The molecule has 4 amide bonds. The Morgan fingerprint density at radius 2 is 1.89 bits per heavy atom. The Labute approximate surface area is 208 Å². The first kappa shape index (κ1) is 23.8. The van der Waals surface area contributed by atoms with Crippen LogP contribution >= 0.6 is 0 Å². The lowest BCUT2D eigenvalue weighted by Crippen LogP contribution is -2.54. The van der Waals surface area contributed by atoms with E-state index in [2.05, 4.69) is 21.2 Å². The van der Waals surface area contributed by atoms with E-state index in [1.807, 2.05) is 10.9 Å². The number of imide groups is 2. The summed E-state index contributed by atoms with van der Waals surface area (Å²) in [6, 6.07) is 3.96. The highest BCUT2D eigenvalue weighted by Gasteiger charge is 2.46. The largest absolute Gasteiger partial charge is 0.489 e. The third-order valence-corrected chi connectivity index (χ3v) is 6.92. The van der Waals surface area contributed by atoms with Crippen LogP contribution in [0.25, 0.3) is 0 Å². The number of terminal acetylenes is 1. The van der Waals surface area contributed by atoms with Crippen LogP contribution in [0.2, 0.25) is 0 Å². The third kappa shape index (κ3) is 4.62. The first-order valence-electron chi connectivity index (χ1n) is 12.2. The van der Waals surface area contributed by atoms with Gasteiger partial charge in [-0.1, -0.05) is 12.0 Å². The molecule has 0 bridgehead atoms. The maximum Gasteiger partial charge on any atom is 0.266 e. The Morgan fingerprint density at radius 3 is 2.61 bits per heavy atom. The number of benzene rings is 1. The summed E-state index contributed by atoms with van der Waals surface area (Å²) in [5, 5.41) is 6.47. The molecule has 0 aliphatic carbocycles. The van der Waals surface area contributed by atoms with Crippen LogP contribution in [0.5, 0.6) is 5.75 Å². The van der Waals surface area contributed by atoms with Crippen molar-refractivity contribution in [3.05, 3.63) is 47.3 Å². The minimum atomic E-state index is -0.994. The van der Waals surface area contributed by atoms with Crippen LogP contribution in [0, 0.1) is 12.3 Å². The molecule has 0 saturated carbocycles. The van der Waals surface area contributed by atoms with Crippen molar-refractivity contribution in [2.24, 2.45) is 0 Å². The van der Waals surface area contributed by atoms with Crippen LogP contribution in [0.3, 0.4) is 0 Å². The molecule has 2 fully saturated rings. The van der Waals surface area contributed by atoms with Crippen LogP contribution in [0.15, 0.2) is 30.6 Å². The molecule has 36 heavy (non-hydrogen) atoms. The summed E-state index contributed by atoms with van der Waals surface area (Å²) < 4.78 is 8.08. The highest BCUT2D eigenvalue weighted by molar-refractivity contribution is 6.24. The molecule has 2 saturated heterocycles. The fourth-order valence-electron chi connectivity index (χ4n) is 5.03. The topological polar surface area (TPSA) is 114 Å². The second-order valence-electron chi connectivity index (χ2n) is 9.27. The Kier molecular flexibility index (Phi) is 6.57. The molecule has 3 aliphatic heterocycles. The number of carbonyl (C=O) groups excluding carboxylic acids is 4. The van der Waals surface area contributed by atoms with Gasteiger partial charge in [-0.05, 0) is 44.4 Å². The Morgan fingerprint density at radius 1 is 1.08 bits per heavy atom. The van der Waals surface area contributed by atoms with Gasteiger partial charge in [-0.2, -0.15) is 5.10 Å². The summed E-state index contributed by atoms with van der Waals surface area (Å²) in [7, 11) is 0. The number of fused-ring (bicyclic) bond motifs is 1. The molecule has 1 atom stereocenters. The molecule has 0 radical (unpaired) electrons. The van der Waals surface area contributed by atoms with Crippen LogP contribution < -0.4 is 10.1 Å². The Bertz CT molecular complexity index is 1250. The smallest absolute Gasteiger partial charge is 0.266 e. The minimum absolute atomic E-state index is 0.0791. The van der Waals surface area contributed by atoms with Gasteiger partial charge in [-0.15, -0.1) is 6.42 Å². The number of ether oxygens (including phenoxy) is 1. The lowest BCUT2D eigenvalue weighted by Gasteiger charge is -2.32. The van der Waals surface area contributed by atoms with Gasteiger partial charge in [0.1, 0.15) is 17.9 Å². The maximum absolute atomic E-state index is 13.2. The maximum atomic E-state index is 13.2. The number of hydrogen-bond donors (Lipinski definition) is 1. The van der Waals surface area contributed by atoms with Crippen LogP contribution in [0.4, 0.5) is 0 Å². The highest BCUT2D eigenvalue weighted by atomic mass is 16.5. The van der Waals surface area contributed by atoms with E-state index < -0.39 is 29.7 Å². The molecule has 3 aliphatic rings. The van der Waals surface area contributed by atoms with E-state index in [4.69, 9.17) is 11.2 Å². The first-order chi connectivity index (χ1) is 17.4. The van der Waals surface area contributed by atoms with Gasteiger partial charge in [0.15, 0.2) is 0 Å². The number of aromatic nitrogens is 2. The van der Waals surface area contributed by atoms with Crippen molar-refractivity contribution >= 4 is 23.6 Å². The van der Waals surface area contributed by atoms with Crippen molar-refractivity contribution in [2.75, 3.05) is 19.6 Å². The van der Waals surface area contributed by atoms with E-state index in [-0.39, 0.29) is 30.1 Å². The number of hydrogen-bond acceptors (Lipinski definition) is 7. The number of amides is 4. The average molecular weight is 490 g/mol. The predicted molar refractivity (Wildman–Crippen MR) is 128 cm³/mol. The fourth-order valence-corrected chi connectivity index (χ4v) is 5.03. The monoisotopic (exact) mass is 489 g/mol. The molecule has 186 valence electrons. The third-order valence-electron chi connectivity index (χ3n) is 6.92. The number of rotatable bonds is 7. The Balaban J connectivity index is 1.17. The van der Waals surface area contributed by atoms with E-state index in [9.17, 15) is 19.2 Å². The zero-order valence-corrected chi connectivity index (χ0v) is 19.8. The molecule has 10 heteroatoms. The lowest BCUT2D eigenvalue weighted by atomic mass is 10.0. The lowest BCUT2D eigenvalue weighted by molar-refractivity contribution is -0.136. The highest BCUT2D eigenvalue weighted by Crippen LogP contribution is 2.34. The van der Waals surface area contributed by atoms with Crippen LogP contribution in [-0.4, -0.2) is 75.0 Å². The number of likely N-dealkylation sites (tertiary alicyclic amines) is 1. The van der Waals surface area contributed by atoms with Crippen molar-refractivity contribution in [1.29, 1.82) is 0 Å². The fraction of sp³-hybridized carbons (Fsp3) is 0.423. The van der Waals surface area contributed by atoms with Crippen molar-refractivity contribution < 1.29 is 23.9 Å². The summed E-state index contributed by atoms with van der Waals surface area (Å²) in [5.41, 5.74) is 1.20. The van der Waals surface area contributed by atoms with Gasteiger partial charge in [0.05, 0.1) is 22.9 Å². The summed E-state index contributed by atoms with van der Waals surface area (Å²) in [6.45, 7) is 3.47. The second kappa shape index (κ2) is 9.95. The van der Waals surface area contributed by atoms with Crippen LogP contribution in [0.1, 0.15) is 58.4 Å². The molecule has 1 aromatic carbocycles. The van der Waals surface area contributed by atoms with Crippen LogP contribution in [-0.2, 0) is 16.1 Å². The second-order valence-corrected chi connectivity index (χ2v) is 9.27. The number of carbonyl (C=O) groups is 4. The van der Waals surface area contributed by atoms with Gasteiger partial charge < -0.3 is 9.64 Å². The minimum Gasteiger partial charge on any atom is -0.489 e. The van der Waals surface area contributed by atoms with Gasteiger partial charge in [0.2, 0.25) is 11.8 Å². The molecule has 5 rings (SSSR count). The molecule has 2 aromatic rings. The standard InChI is InChI=1S/C26H27N5O5/c1-2-17-15-27-30(16-17)12-4-11-29-13-9-18(10-14-29)36-21-6-3-5-19-23(21)26(35)31(25(19)34)20-7-8-22(32)28-24(20)33/h1,3,5-6,15-16,18,20H,4,7-14H2,(H,28,32,33). The Hall–Kier alpha value is -3.97. The molecule has 1 N–H and O–H groups in total. The summed E-state index contributed by atoms with van der Waals surface area (Å²) >= 11 is 0. The first-order valence-corrected chi connectivity index (χ1v) is 12.2. The zero-order chi connectivity index (χ0) is 25.2.